The molecule has 0 saturated heterocycles. The van der Waals surface area contributed by atoms with Crippen molar-refractivity contribution in [1.29, 1.82) is 0 Å². The molecule has 0 saturated carbocycles. The van der Waals surface area contributed by atoms with Crippen molar-refractivity contribution in [3.63, 3.8) is 0 Å². The average molecular weight is 336 g/mol. The predicted molar refractivity (Wildman–Crippen MR) is 96.2 cm³/mol. The molecule has 4 heterocycles. The standard InChI is InChI=1S/C17H16N6S/c1-10-5-6-19-16-12(10)14(17-20-7-8-23(17)2)21-13(15(18)22-16)11-4-3-9-24-11/h3-9,13H,1-2H3,(H2,18,19,22). The minimum Gasteiger partial charge on any atom is -0.385 e. The molecule has 120 valence electrons. The maximum absolute atomic E-state index is 6.27. The minimum atomic E-state index is -0.328. The first-order valence-corrected chi connectivity index (χ1v) is 8.42. The van der Waals surface area contributed by atoms with Crippen LogP contribution in [-0.2, 0) is 7.05 Å². The molecule has 0 fully saturated rings. The van der Waals surface area contributed by atoms with Crippen LogP contribution in [0.15, 0.2) is 52.2 Å². The normalized spacial score (nSPS) is 17.0. The molecule has 2 N–H and O–H groups in total. The third-order valence-corrected chi connectivity index (χ3v) is 4.92. The molecule has 1 aliphatic heterocycles. The lowest BCUT2D eigenvalue weighted by molar-refractivity contribution is 0.888. The number of amidine groups is 1. The lowest BCUT2D eigenvalue weighted by Gasteiger charge is -2.12. The van der Waals surface area contributed by atoms with Crippen molar-refractivity contribution < 1.29 is 0 Å². The maximum atomic E-state index is 6.27. The van der Waals surface area contributed by atoms with Crippen LogP contribution < -0.4 is 5.73 Å². The number of nitrogens with two attached hydrogens (primary N) is 1. The van der Waals surface area contributed by atoms with Gasteiger partial charge < -0.3 is 10.3 Å². The number of hydrogen-bond acceptors (Lipinski definition) is 6. The Hall–Kier alpha value is -2.80. The van der Waals surface area contributed by atoms with Gasteiger partial charge in [0.15, 0.2) is 11.6 Å². The molecule has 3 aromatic rings. The summed E-state index contributed by atoms with van der Waals surface area (Å²) in [5.41, 5.74) is 8.97. The first-order chi connectivity index (χ1) is 11.6. The molecule has 1 aliphatic rings. The van der Waals surface area contributed by atoms with Crippen LogP contribution in [0, 0.1) is 6.92 Å². The molecule has 4 rings (SSSR count). The van der Waals surface area contributed by atoms with E-state index in [0.29, 0.717) is 11.7 Å². The van der Waals surface area contributed by atoms with Gasteiger partial charge in [0, 0.05) is 30.5 Å². The molecule has 6 nitrogen and oxygen atoms in total. The van der Waals surface area contributed by atoms with E-state index in [0.717, 1.165) is 27.5 Å². The lowest BCUT2D eigenvalue weighted by Crippen LogP contribution is -2.20. The van der Waals surface area contributed by atoms with E-state index >= 15 is 0 Å². The summed E-state index contributed by atoms with van der Waals surface area (Å²) in [4.78, 5) is 19.5. The lowest BCUT2D eigenvalue weighted by atomic mass is 10.0. The Bertz CT molecular complexity index is 951. The smallest absolute Gasteiger partial charge is 0.163 e. The topological polar surface area (TPSA) is 81.5 Å². The summed E-state index contributed by atoms with van der Waals surface area (Å²) in [7, 11) is 1.95. The van der Waals surface area contributed by atoms with E-state index in [4.69, 9.17) is 10.7 Å². The van der Waals surface area contributed by atoms with E-state index in [1.165, 1.54) is 0 Å². The molecule has 0 radical (unpaired) electrons. The van der Waals surface area contributed by atoms with E-state index in [-0.39, 0.29) is 6.04 Å². The van der Waals surface area contributed by atoms with Crippen LogP contribution in [0.25, 0.3) is 0 Å². The zero-order chi connectivity index (χ0) is 16.7. The van der Waals surface area contributed by atoms with Gasteiger partial charge in [-0.3, -0.25) is 4.99 Å². The number of aryl methyl sites for hydroxylation is 2. The molecular formula is C17H16N6S. The van der Waals surface area contributed by atoms with Crippen molar-refractivity contribution in [2.24, 2.45) is 22.8 Å². The summed E-state index contributed by atoms with van der Waals surface area (Å²) in [5, 5.41) is 2.01. The fraction of sp³-hybridized carbons (Fsp3) is 0.176. The van der Waals surface area contributed by atoms with Crippen LogP contribution in [0.2, 0.25) is 0 Å². The zero-order valence-electron chi connectivity index (χ0n) is 13.3. The van der Waals surface area contributed by atoms with Crippen molar-refractivity contribution in [1.82, 2.24) is 14.5 Å². The second-order valence-electron chi connectivity index (χ2n) is 5.62. The quantitative estimate of drug-likeness (QED) is 0.781. The molecule has 0 amide bonds. The monoisotopic (exact) mass is 336 g/mol. The van der Waals surface area contributed by atoms with Gasteiger partial charge in [0.1, 0.15) is 17.6 Å². The third kappa shape index (κ3) is 2.33. The number of pyridine rings is 1. The summed E-state index contributed by atoms with van der Waals surface area (Å²) in [6.07, 6.45) is 5.41. The number of nitrogens with zero attached hydrogens (tertiary/aromatic N) is 5. The molecule has 1 atom stereocenters. The van der Waals surface area contributed by atoms with E-state index in [1.54, 1.807) is 23.7 Å². The van der Waals surface area contributed by atoms with Crippen LogP contribution >= 0.6 is 11.3 Å². The van der Waals surface area contributed by atoms with Crippen LogP contribution in [0.3, 0.4) is 0 Å². The SMILES string of the molecule is Cc1ccnc2c1C(c1nccn1C)=NC(c1cccs1)C(N)=N2. The highest BCUT2D eigenvalue weighted by atomic mass is 32.1. The molecule has 0 spiro atoms. The average Bonchev–Trinajstić information content (AvgIpc) is 3.19. The van der Waals surface area contributed by atoms with Crippen molar-refractivity contribution in [2.75, 3.05) is 0 Å². The Morgan fingerprint density at radius 3 is 2.79 bits per heavy atom. The van der Waals surface area contributed by atoms with Crippen molar-refractivity contribution in [3.05, 3.63) is 64.0 Å². The minimum absolute atomic E-state index is 0.328. The van der Waals surface area contributed by atoms with E-state index in [1.807, 2.05) is 48.3 Å². The highest BCUT2D eigenvalue weighted by Gasteiger charge is 2.27. The Labute approximate surface area is 143 Å². The fourth-order valence-corrected chi connectivity index (χ4v) is 3.56. The molecule has 7 heteroatoms. The molecule has 0 aromatic carbocycles. The van der Waals surface area contributed by atoms with Crippen LogP contribution in [0.4, 0.5) is 5.82 Å². The zero-order valence-corrected chi connectivity index (χ0v) is 14.2. The van der Waals surface area contributed by atoms with Crippen LogP contribution in [0.5, 0.6) is 0 Å². The summed E-state index contributed by atoms with van der Waals surface area (Å²) in [6, 6.07) is 5.64. The molecule has 3 aromatic heterocycles. The molecular weight excluding hydrogens is 320 g/mol. The van der Waals surface area contributed by atoms with Gasteiger partial charge in [-0.05, 0) is 30.0 Å². The summed E-state index contributed by atoms with van der Waals surface area (Å²) in [5.74, 6) is 1.81. The summed E-state index contributed by atoms with van der Waals surface area (Å²) >= 11 is 1.61. The van der Waals surface area contributed by atoms with Crippen LogP contribution in [-0.4, -0.2) is 26.1 Å². The van der Waals surface area contributed by atoms with Crippen LogP contribution in [0.1, 0.15) is 27.9 Å². The number of aliphatic imine (C=N–C) groups is 2. The number of rotatable bonds is 2. The van der Waals surface area contributed by atoms with Gasteiger partial charge in [-0.25, -0.2) is 15.0 Å². The van der Waals surface area contributed by atoms with Gasteiger partial charge in [-0.2, -0.15) is 0 Å². The van der Waals surface area contributed by atoms with Gasteiger partial charge >= 0.3 is 0 Å². The van der Waals surface area contributed by atoms with Gasteiger partial charge in [0.25, 0.3) is 0 Å². The number of fused-ring (bicyclic) bond motifs is 1. The first kappa shape index (κ1) is 14.8. The van der Waals surface area contributed by atoms with Gasteiger partial charge in [0.05, 0.1) is 5.56 Å². The predicted octanol–water partition coefficient (Wildman–Crippen LogP) is 2.77. The second kappa shape index (κ2) is 5.68. The maximum Gasteiger partial charge on any atom is 0.163 e. The highest BCUT2D eigenvalue weighted by molar-refractivity contribution is 7.10. The number of imidazole rings is 1. The Morgan fingerprint density at radius 2 is 2.08 bits per heavy atom. The summed E-state index contributed by atoms with van der Waals surface area (Å²) in [6.45, 7) is 2.02. The number of hydrogen-bond donors (Lipinski definition) is 1. The molecule has 0 bridgehead atoms. The van der Waals surface area contributed by atoms with Gasteiger partial charge in [-0.15, -0.1) is 11.3 Å². The summed E-state index contributed by atoms with van der Waals surface area (Å²) < 4.78 is 1.95. The molecule has 1 unspecified atom stereocenters. The van der Waals surface area contributed by atoms with Gasteiger partial charge in [0.2, 0.25) is 0 Å². The largest absolute Gasteiger partial charge is 0.385 e. The Balaban J connectivity index is 2.01. The van der Waals surface area contributed by atoms with Crippen molar-refractivity contribution >= 4 is 28.7 Å². The number of aromatic nitrogens is 3. The van der Waals surface area contributed by atoms with E-state index in [9.17, 15) is 0 Å². The fourth-order valence-electron chi connectivity index (χ4n) is 2.78. The second-order valence-corrected chi connectivity index (χ2v) is 6.60. The molecule has 0 aliphatic carbocycles. The van der Waals surface area contributed by atoms with E-state index in [2.05, 4.69) is 15.0 Å². The van der Waals surface area contributed by atoms with Crippen molar-refractivity contribution in [3.8, 4) is 0 Å². The van der Waals surface area contributed by atoms with E-state index < -0.39 is 0 Å². The Morgan fingerprint density at radius 1 is 1.21 bits per heavy atom. The van der Waals surface area contributed by atoms with Crippen molar-refractivity contribution in [2.45, 2.75) is 13.0 Å². The number of thiophene rings is 1. The third-order valence-electron chi connectivity index (χ3n) is 4.00. The first-order valence-electron chi connectivity index (χ1n) is 7.54. The van der Waals surface area contributed by atoms with Gasteiger partial charge in [-0.1, -0.05) is 6.07 Å². The molecule has 24 heavy (non-hydrogen) atoms. The Kier molecular flexibility index (Phi) is 3.50. The highest BCUT2D eigenvalue weighted by Crippen LogP contribution is 2.32.